The van der Waals surface area contributed by atoms with Crippen LogP contribution in [0.5, 0.6) is 0 Å². The molecule has 0 saturated heterocycles. The molecule has 0 saturated carbocycles. The lowest BCUT2D eigenvalue weighted by Crippen LogP contribution is -2.20. The Hall–Kier alpha value is -2.10. The molecule has 0 spiro atoms. The standard InChI is InChI=1S/C12H13N3O/c1-8-5-12(16)15(14-7-8)10-4-3-9(2)11(13)6-10/h3-7H,13H2,1-2H3. The Labute approximate surface area is 93.3 Å². The van der Waals surface area contributed by atoms with Crippen LogP contribution in [0.15, 0.2) is 35.3 Å². The predicted molar refractivity (Wildman–Crippen MR) is 63.7 cm³/mol. The third kappa shape index (κ3) is 1.82. The zero-order chi connectivity index (χ0) is 11.7. The van der Waals surface area contributed by atoms with Gasteiger partial charge in [0.15, 0.2) is 0 Å². The highest BCUT2D eigenvalue weighted by molar-refractivity contribution is 5.52. The molecular formula is C12H13N3O. The lowest BCUT2D eigenvalue weighted by atomic mass is 10.2. The monoisotopic (exact) mass is 215 g/mol. The Morgan fingerprint density at radius 3 is 2.62 bits per heavy atom. The van der Waals surface area contributed by atoms with Gasteiger partial charge in [-0.2, -0.15) is 9.78 Å². The Morgan fingerprint density at radius 1 is 1.25 bits per heavy atom. The van der Waals surface area contributed by atoms with Gasteiger partial charge in [0.2, 0.25) is 0 Å². The van der Waals surface area contributed by atoms with E-state index in [2.05, 4.69) is 5.10 Å². The highest BCUT2D eigenvalue weighted by Crippen LogP contribution is 2.14. The second kappa shape index (κ2) is 3.81. The maximum atomic E-state index is 11.7. The Bertz CT molecular complexity index is 587. The number of nitrogens with two attached hydrogens (primary N) is 1. The van der Waals surface area contributed by atoms with Gasteiger partial charge in [0.25, 0.3) is 5.56 Å². The first-order chi connectivity index (χ1) is 7.58. The Balaban J connectivity index is 2.59. The fourth-order valence-corrected chi connectivity index (χ4v) is 1.45. The summed E-state index contributed by atoms with van der Waals surface area (Å²) in [5, 5.41) is 4.07. The maximum Gasteiger partial charge on any atom is 0.271 e. The fraction of sp³-hybridized carbons (Fsp3) is 0.167. The van der Waals surface area contributed by atoms with Gasteiger partial charge in [-0.25, -0.2) is 0 Å². The third-order valence-corrected chi connectivity index (χ3v) is 2.44. The number of rotatable bonds is 1. The molecule has 0 bridgehead atoms. The van der Waals surface area contributed by atoms with E-state index < -0.39 is 0 Å². The molecule has 1 aromatic heterocycles. The van der Waals surface area contributed by atoms with Gasteiger partial charge in [0, 0.05) is 11.8 Å². The lowest BCUT2D eigenvalue weighted by Gasteiger charge is -2.06. The summed E-state index contributed by atoms with van der Waals surface area (Å²) in [6.07, 6.45) is 1.65. The highest BCUT2D eigenvalue weighted by Gasteiger charge is 2.02. The van der Waals surface area contributed by atoms with Crippen molar-refractivity contribution in [1.82, 2.24) is 9.78 Å². The van der Waals surface area contributed by atoms with Gasteiger partial charge < -0.3 is 5.73 Å². The molecule has 0 unspecified atom stereocenters. The first-order valence-corrected chi connectivity index (χ1v) is 5.00. The van der Waals surface area contributed by atoms with Gasteiger partial charge in [-0.1, -0.05) is 6.07 Å². The molecule has 4 nitrogen and oxygen atoms in total. The first-order valence-electron chi connectivity index (χ1n) is 5.00. The number of aryl methyl sites for hydroxylation is 2. The van der Waals surface area contributed by atoms with Crippen molar-refractivity contribution in [3.63, 3.8) is 0 Å². The van der Waals surface area contributed by atoms with Crippen LogP contribution in [-0.4, -0.2) is 9.78 Å². The van der Waals surface area contributed by atoms with E-state index in [1.807, 2.05) is 26.0 Å². The quantitative estimate of drug-likeness (QED) is 0.732. The van der Waals surface area contributed by atoms with Gasteiger partial charge in [0.05, 0.1) is 11.9 Å². The van der Waals surface area contributed by atoms with Gasteiger partial charge in [0.1, 0.15) is 0 Å². The summed E-state index contributed by atoms with van der Waals surface area (Å²) >= 11 is 0. The molecule has 0 fully saturated rings. The number of nitrogens with zero attached hydrogens (tertiary/aromatic N) is 2. The van der Waals surface area contributed by atoms with Crippen LogP contribution in [0.4, 0.5) is 5.69 Å². The van der Waals surface area contributed by atoms with E-state index in [-0.39, 0.29) is 5.56 Å². The zero-order valence-corrected chi connectivity index (χ0v) is 9.27. The first kappa shape index (κ1) is 10.4. The summed E-state index contributed by atoms with van der Waals surface area (Å²) < 4.78 is 1.34. The maximum absolute atomic E-state index is 11.7. The Kier molecular flexibility index (Phi) is 2.48. The van der Waals surface area contributed by atoms with Crippen LogP contribution >= 0.6 is 0 Å². The molecular weight excluding hydrogens is 202 g/mol. The zero-order valence-electron chi connectivity index (χ0n) is 9.27. The van der Waals surface area contributed by atoms with Gasteiger partial charge in [-0.05, 0) is 37.1 Å². The van der Waals surface area contributed by atoms with Crippen LogP contribution in [0, 0.1) is 13.8 Å². The Morgan fingerprint density at radius 2 is 2.00 bits per heavy atom. The normalized spacial score (nSPS) is 10.4. The van der Waals surface area contributed by atoms with E-state index in [1.165, 1.54) is 4.68 Å². The molecule has 0 aliphatic carbocycles. The van der Waals surface area contributed by atoms with Crippen molar-refractivity contribution >= 4 is 5.69 Å². The van der Waals surface area contributed by atoms with Crippen LogP contribution in [0.3, 0.4) is 0 Å². The molecule has 0 amide bonds. The highest BCUT2D eigenvalue weighted by atomic mass is 16.1. The van der Waals surface area contributed by atoms with Gasteiger partial charge >= 0.3 is 0 Å². The van der Waals surface area contributed by atoms with Crippen LogP contribution in [0.2, 0.25) is 0 Å². The number of hydrogen-bond donors (Lipinski definition) is 1. The number of benzene rings is 1. The van der Waals surface area contributed by atoms with Crippen LogP contribution in [0.25, 0.3) is 5.69 Å². The summed E-state index contributed by atoms with van der Waals surface area (Å²) in [4.78, 5) is 11.7. The molecule has 2 aromatic rings. The second-order valence-corrected chi connectivity index (χ2v) is 3.82. The van der Waals surface area contributed by atoms with E-state index in [4.69, 9.17) is 5.73 Å². The van der Waals surface area contributed by atoms with E-state index in [0.717, 1.165) is 11.1 Å². The number of aromatic nitrogens is 2. The van der Waals surface area contributed by atoms with Crippen molar-refractivity contribution < 1.29 is 0 Å². The lowest BCUT2D eigenvalue weighted by molar-refractivity contribution is 0.800. The van der Waals surface area contributed by atoms with Crippen molar-refractivity contribution in [2.75, 3.05) is 5.73 Å². The molecule has 0 radical (unpaired) electrons. The molecule has 16 heavy (non-hydrogen) atoms. The number of nitrogen functional groups attached to an aromatic ring is 1. The topological polar surface area (TPSA) is 60.9 Å². The number of hydrogen-bond acceptors (Lipinski definition) is 3. The molecule has 0 aliphatic rings. The van der Waals surface area contributed by atoms with Crippen LogP contribution in [0.1, 0.15) is 11.1 Å². The summed E-state index contributed by atoms with van der Waals surface area (Å²) in [5.74, 6) is 0. The van der Waals surface area contributed by atoms with E-state index in [1.54, 1.807) is 18.3 Å². The molecule has 0 aliphatic heterocycles. The summed E-state index contributed by atoms with van der Waals surface area (Å²) in [7, 11) is 0. The average molecular weight is 215 g/mol. The summed E-state index contributed by atoms with van der Waals surface area (Å²) in [6, 6.07) is 7.00. The van der Waals surface area contributed by atoms with Crippen molar-refractivity contribution in [1.29, 1.82) is 0 Å². The molecule has 2 rings (SSSR count). The molecule has 1 heterocycles. The smallest absolute Gasteiger partial charge is 0.271 e. The van der Waals surface area contributed by atoms with Gasteiger partial charge in [-0.3, -0.25) is 4.79 Å². The minimum atomic E-state index is -0.150. The van der Waals surface area contributed by atoms with Gasteiger partial charge in [-0.15, -0.1) is 0 Å². The summed E-state index contributed by atoms with van der Waals surface area (Å²) in [5.41, 5.74) is 8.83. The largest absolute Gasteiger partial charge is 0.398 e. The van der Waals surface area contributed by atoms with Crippen molar-refractivity contribution in [3.8, 4) is 5.69 Å². The number of anilines is 1. The second-order valence-electron chi connectivity index (χ2n) is 3.82. The minimum Gasteiger partial charge on any atom is -0.398 e. The minimum absolute atomic E-state index is 0.150. The molecule has 1 aromatic carbocycles. The van der Waals surface area contributed by atoms with Crippen molar-refractivity contribution in [2.24, 2.45) is 0 Å². The van der Waals surface area contributed by atoms with E-state index in [0.29, 0.717) is 11.4 Å². The van der Waals surface area contributed by atoms with Crippen LogP contribution < -0.4 is 11.3 Å². The summed E-state index contributed by atoms with van der Waals surface area (Å²) in [6.45, 7) is 3.76. The van der Waals surface area contributed by atoms with Crippen molar-refractivity contribution in [3.05, 3.63) is 51.9 Å². The average Bonchev–Trinajstić information content (AvgIpc) is 2.22. The predicted octanol–water partition coefficient (Wildman–Crippen LogP) is 1.43. The SMILES string of the molecule is Cc1cnn(-c2ccc(C)c(N)c2)c(=O)c1. The molecule has 82 valence electrons. The van der Waals surface area contributed by atoms with Crippen LogP contribution in [-0.2, 0) is 0 Å². The molecule has 2 N–H and O–H groups in total. The molecule has 0 atom stereocenters. The van der Waals surface area contributed by atoms with E-state index in [9.17, 15) is 4.79 Å². The molecule has 4 heteroatoms. The van der Waals surface area contributed by atoms with E-state index >= 15 is 0 Å². The fourth-order valence-electron chi connectivity index (χ4n) is 1.45. The van der Waals surface area contributed by atoms with Crippen molar-refractivity contribution in [2.45, 2.75) is 13.8 Å². The third-order valence-electron chi connectivity index (χ3n) is 2.44.